The van der Waals surface area contributed by atoms with Gasteiger partial charge < -0.3 is 10.1 Å². The summed E-state index contributed by atoms with van der Waals surface area (Å²) in [7, 11) is 1.75. The molecule has 0 aromatic carbocycles. The van der Waals surface area contributed by atoms with Crippen molar-refractivity contribution in [3.05, 3.63) is 22.8 Å². The van der Waals surface area contributed by atoms with Crippen LogP contribution in [-0.2, 0) is 16.9 Å². The van der Waals surface area contributed by atoms with E-state index < -0.39 is 0 Å². The van der Waals surface area contributed by atoms with Gasteiger partial charge >= 0.3 is 0 Å². The molecule has 0 unspecified atom stereocenters. The van der Waals surface area contributed by atoms with Gasteiger partial charge in [-0.05, 0) is 47.5 Å². The van der Waals surface area contributed by atoms with Gasteiger partial charge in [-0.15, -0.1) is 0 Å². The average Bonchev–Trinajstić information content (AvgIpc) is 2.39. The van der Waals surface area contributed by atoms with Crippen molar-refractivity contribution in [2.75, 3.05) is 7.11 Å². The van der Waals surface area contributed by atoms with Gasteiger partial charge in [0.05, 0.1) is 0 Å². The molecule has 4 heteroatoms. The minimum Gasteiger partial charge on any atom is -0.370 e. The topological polar surface area (TPSA) is 47.0 Å². The Morgan fingerprint density at radius 1 is 1.00 bits per heavy atom. The fourth-order valence-electron chi connectivity index (χ4n) is 2.50. The van der Waals surface area contributed by atoms with E-state index in [4.69, 9.17) is 14.7 Å². The van der Waals surface area contributed by atoms with Crippen molar-refractivity contribution in [3.8, 4) is 0 Å². The SMILES string of the molecule is CCC(CC)(OC)c1nc(C)c(CNC(C)(C)C)c(C)n1. The Morgan fingerprint density at radius 2 is 1.48 bits per heavy atom. The average molecular weight is 293 g/mol. The summed E-state index contributed by atoms with van der Waals surface area (Å²) >= 11 is 0. The van der Waals surface area contributed by atoms with Crippen LogP contribution in [0.25, 0.3) is 0 Å². The molecule has 1 rings (SSSR count). The first-order chi connectivity index (χ1) is 9.69. The minimum atomic E-state index is -0.370. The highest BCUT2D eigenvalue weighted by Crippen LogP contribution is 2.30. The maximum Gasteiger partial charge on any atom is 0.160 e. The van der Waals surface area contributed by atoms with E-state index in [-0.39, 0.29) is 11.1 Å². The number of methoxy groups -OCH3 is 1. The second-order valence-corrected chi connectivity index (χ2v) is 6.71. The largest absolute Gasteiger partial charge is 0.370 e. The van der Waals surface area contributed by atoms with Crippen molar-refractivity contribution in [3.63, 3.8) is 0 Å². The van der Waals surface area contributed by atoms with Gasteiger partial charge in [-0.2, -0.15) is 0 Å². The Bertz CT molecular complexity index is 442. The third-order valence-corrected chi connectivity index (χ3v) is 4.16. The van der Waals surface area contributed by atoms with Crippen LogP contribution in [0.2, 0.25) is 0 Å². The monoisotopic (exact) mass is 293 g/mol. The first-order valence-corrected chi connectivity index (χ1v) is 7.84. The molecule has 1 aromatic rings. The number of aromatic nitrogens is 2. The van der Waals surface area contributed by atoms with Gasteiger partial charge in [0.15, 0.2) is 5.82 Å². The zero-order valence-corrected chi connectivity index (χ0v) is 14.9. The number of rotatable bonds is 6. The second-order valence-electron chi connectivity index (χ2n) is 6.71. The molecule has 0 spiro atoms. The highest BCUT2D eigenvalue weighted by Gasteiger charge is 2.32. The van der Waals surface area contributed by atoms with Crippen molar-refractivity contribution in [2.45, 2.75) is 79.0 Å². The quantitative estimate of drug-likeness (QED) is 0.870. The van der Waals surface area contributed by atoms with E-state index in [2.05, 4.69) is 53.8 Å². The van der Waals surface area contributed by atoms with Crippen molar-refractivity contribution < 1.29 is 4.74 Å². The van der Waals surface area contributed by atoms with Crippen LogP contribution in [-0.4, -0.2) is 22.6 Å². The molecule has 1 heterocycles. The molecule has 0 amide bonds. The van der Waals surface area contributed by atoms with Crippen LogP contribution < -0.4 is 5.32 Å². The molecule has 0 radical (unpaired) electrons. The molecule has 21 heavy (non-hydrogen) atoms. The third-order valence-electron chi connectivity index (χ3n) is 4.16. The lowest BCUT2D eigenvalue weighted by Crippen LogP contribution is -2.36. The van der Waals surface area contributed by atoms with Crippen LogP contribution in [0.3, 0.4) is 0 Å². The third kappa shape index (κ3) is 4.24. The normalized spacial score (nSPS) is 12.8. The molecule has 0 saturated carbocycles. The number of nitrogens with one attached hydrogen (secondary N) is 1. The van der Waals surface area contributed by atoms with E-state index in [0.717, 1.165) is 36.6 Å². The summed E-state index contributed by atoms with van der Waals surface area (Å²) in [5, 5.41) is 3.51. The van der Waals surface area contributed by atoms with Crippen molar-refractivity contribution >= 4 is 0 Å². The molecule has 4 nitrogen and oxygen atoms in total. The summed E-state index contributed by atoms with van der Waals surface area (Å²) < 4.78 is 5.75. The Labute approximate surface area is 129 Å². The van der Waals surface area contributed by atoms with Crippen molar-refractivity contribution in [1.29, 1.82) is 0 Å². The number of hydrogen-bond donors (Lipinski definition) is 1. The van der Waals surface area contributed by atoms with Gasteiger partial charge in [-0.3, -0.25) is 0 Å². The first-order valence-electron chi connectivity index (χ1n) is 7.84. The smallest absolute Gasteiger partial charge is 0.160 e. The molecule has 0 aliphatic heterocycles. The van der Waals surface area contributed by atoms with Gasteiger partial charge in [0.1, 0.15) is 5.60 Å². The van der Waals surface area contributed by atoms with Gasteiger partial charge in [-0.1, -0.05) is 13.8 Å². The summed E-state index contributed by atoms with van der Waals surface area (Å²) in [5.74, 6) is 0.810. The van der Waals surface area contributed by atoms with E-state index >= 15 is 0 Å². The zero-order valence-electron chi connectivity index (χ0n) is 14.9. The number of hydrogen-bond acceptors (Lipinski definition) is 4. The molecule has 0 fully saturated rings. The second kappa shape index (κ2) is 6.84. The number of nitrogens with zero attached hydrogens (tertiary/aromatic N) is 2. The summed E-state index contributed by atoms with van der Waals surface area (Å²) in [6.07, 6.45) is 1.75. The van der Waals surface area contributed by atoms with E-state index in [1.165, 1.54) is 5.56 Å². The Kier molecular flexibility index (Phi) is 5.88. The Balaban J connectivity index is 3.15. The fourth-order valence-corrected chi connectivity index (χ4v) is 2.50. The molecule has 0 atom stereocenters. The standard InChI is InChI=1S/C17H31N3O/c1-9-17(10-2,21-8)15-19-12(3)14(13(4)20-15)11-18-16(5,6)7/h18H,9-11H2,1-8H3. The Morgan fingerprint density at radius 3 is 1.81 bits per heavy atom. The van der Waals surface area contributed by atoms with E-state index in [1.807, 2.05) is 0 Å². The predicted octanol–water partition coefficient (Wildman–Crippen LogP) is 3.64. The highest BCUT2D eigenvalue weighted by atomic mass is 16.5. The molecule has 0 saturated heterocycles. The molecule has 1 N–H and O–H groups in total. The summed E-state index contributed by atoms with van der Waals surface area (Å²) in [5.41, 5.74) is 2.98. The molecule has 0 aliphatic carbocycles. The lowest BCUT2D eigenvalue weighted by atomic mass is 9.95. The van der Waals surface area contributed by atoms with Crippen LogP contribution in [0.4, 0.5) is 0 Å². The first kappa shape index (κ1) is 18.1. The lowest BCUT2D eigenvalue weighted by molar-refractivity contribution is -0.0294. The molecule has 0 bridgehead atoms. The molecule has 120 valence electrons. The lowest BCUT2D eigenvalue weighted by Gasteiger charge is -2.29. The van der Waals surface area contributed by atoms with Gasteiger partial charge in [0, 0.05) is 36.1 Å². The molecular weight excluding hydrogens is 262 g/mol. The van der Waals surface area contributed by atoms with Crippen molar-refractivity contribution in [2.24, 2.45) is 0 Å². The van der Waals surface area contributed by atoms with Crippen LogP contribution in [0.1, 0.15) is 70.2 Å². The molecule has 1 aromatic heterocycles. The van der Waals surface area contributed by atoms with Crippen molar-refractivity contribution in [1.82, 2.24) is 15.3 Å². The fraction of sp³-hybridized carbons (Fsp3) is 0.765. The maximum absolute atomic E-state index is 5.75. The zero-order chi connectivity index (χ0) is 16.3. The van der Waals surface area contributed by atoms with Gasteiger partial charge in [0.2, 0.25) is 0 Å². The van der Waals surface area contributed by atoms with Crippen LogP contribution in [0.15, 0.2) is 0 Å². The van der Waals surface area contributed by atoms with Gasteiger partial charge in [0.25, 0.3) is 0 Å². The number of ether oxygens (including phenoxy) is 1. The maximum atomic E-state index is 5.75. The van der Waals surface area contributed by atoms with Crippen LogP contribution >= 0.6 is 0 Å². The molecule has 0 aliphatic rings. The van der Waals surface area contributed by atoms with E-state index in [9.17, 15) is 0 Å². The number of aryl methyl sites for hydroxylation is 2. The predicted molar refractivity (Wildman–Crippen MR) is 87.4 cm³/mol. The van der Waals surface area contributed by atoms with Gasteiger partial charge in [-0.25, -0.2) is 9.97 Å². The summed E-state index contributed by atoms with van der Waals surface area (Å²) in [6, 6.07) is 0. The Hall–Kier alpha value is -1.00. The van der Waals surface area contributed by atoms with Crippen LogP contribution in [0, 0.1) is 13.8 Å². The van der Waals surface area contributed by atoms with Crippen LogP contribution in [0.5, 0.6) is 0 Å². The van der Waals surface area contributed by atoms with E-state index in [1.54, 1.807) is 7.11 Å². The molecular formula is C17H31N3O. The van der Waals surface area contributed by atoms with E-state index in [0.29, 0.717) is 0 Å². The highest BCUT2D eigenvalue weighted by molar-refractivity contribution is 5.26. The summed E-state index contributed by atoms with van der Waals surface area (Å²) in [6.45, 7) is 15.6. The summed E-state index contributed by atoms with van der Waals surface area (Å²) in [4.78, 5) is 9.49. The minimum absolute atomic E-state index is 0.0840.